The molecule has 10 heteroatoms. The predicted molar refractivity (Wildman–Crippen MR) is 113 cm³/mol. The number of halogens is 2. The number of benzene rings is 2. The first-order valence-electron chi connectivity index (χ1n) is 9.78. The van der Waals surface area contributed by atoms with Gasteiger partial charge in [0.2, 0.25) is 5.16 Å². The van der Waals surface area contributed by atoms with E-state index in [0.717, 1.165) is 29.0 Å². The molecule has 164 valence electrons. The van der Waals surface area contributed by atoms with Crippen LogP contribution in [0.25, 0.3) is 11.4 Å². The van der Waals surface area contributed by atoms with Crippen LogP contribution >= 0.6 is 11.8 Å². The molecular weight excluding hydrogens is 426 g/mol. The Morgan fingerprint density at radius 2 is 2.03 bits per heavy atom. The minimum absolute atomic E-state index is 0.0630. The highest BCUT2D eigenvalue weighted by atomic mass is 32.2. The van der Waals surface area contributed by atoms with Gasteiger partial charge in [-0.05, 0) is 50.2 Å². The van der Waals surface area contributed by atoms with E-state index in [1.807, 2.05) is 26.0 Å². The third-order valence-electron chi connectivity index (χ3n) is 4.74. The van der Waals surface area contributed by atoms with Gasteiger partial charge in [-0.15, -0.1) is 10.2 Å². The molecular formula is C21H22F2N4O3S. The number of ether oxygens (including phenoxy) is 3. The smallest absolute Gasteiger partial charge is 0.387 e. The summed E-state index contributed by atoms with van der Waals surface area (Å²) in [6.45, 7) is 1.68. The number of alkyl halides is 2. The second-order valence-corrected chi connectivity index (χ2v) is 7.94. The van der Waals surface area contributed by atoms with Gasteiger partial charge >= 0.3 is 6.61 Å². The monoisotopic (exact) mass is 448 g/mol. The van der Waals surface area contributed by atoms with Gasteiger partial charge in [0.1, 0.15) is 23.4 Å². The van der Waals surface area contributed by atoms with Crippen molar-refractivity contribution in [3.05, 3.63) is 47.5 Å². The Kier molecular flexibility index (Phi) is 6.17. The van der Waals surface area contributed by atoms with E-state index in [4.69, 9.17) is 15.3 Å². The lowest BCUT2D eigenvalue weighted by atomic mass is 10.1. The van der Waals surface area contributed by atoms with Crippen LogP contribution in [0.3, 0.4) is 0 Å². The zero-order valence-corrected chi connectivity index (χ0v) is 17.9. The van der Waals surface area contributed by atoms with Gasteiger partial charge in [-0.25, -0.2) is 4.68 Å². The van der Waals surface area contributed by atoms with Crippen LogP contribution in [-0.2, 0) is 12.2 Å². The molecule has 1 atom stereocenters. The molecule has 0 saturated heterocycles. The number of thioether (sulfide) groups is 1. The van der Waals surface area contributed by atoms with E-state index in [2.05, 4.69) is 14.9 Å². The van der Waals surface area contributed by atoms with E-state index in [9.17, 15) is 8.78 Å². The first-order valence-corrected chi connectivity index (χ1v) is 10.8. The molecule has 0 saturated carbocycles. The van der Waals surface area contributed by atoms with E-state index in [0.29, 0.717) is 28.9 Å². The van der Waals surface area contributed by atoms with E-state index < -0.39 is 6.61 Å². The van der Waals surface area contributed by atoms with Gasteiger partial charge in [-0.2, -0.15) is 8.78 Å². The number of fused-ring (bicyclic) bond motifs is 1. The molecule has 0 fully saturated rings. The van der Waals surface area contributed by atoms with Crippen LogP contribution in [0.2, 0.25) is 0 Å². The van der Waals surface area contributed by atoms with Gasteiger partial charge in [0.15, 0.2) is 5.82 Å². The zero-order valence-electron chi connectivity index (χ0n) is 17.0. The minimum atomic E-state index is -2.87. The topological polar surface area (TPSA) is 84.4 Å². The fraction of sp³-hybridized carbons (Fsp3) is 0.333. The van der Waals surface area contributed by atoms with Crippen molar-refractivity contribution in [1.82, 2.24) is 14.9 Å². The molecule has 0 radical (unpaired) electrons. The summed E-state index contributed by atoms with van der Waals surface area (Å²) in [6.07, 6.45) is 1.02. The lowest BCUT2D eigenvalue weighted by molar-refractivity contribution is -0.0498. The Morgan fingerprint density at radius 3 is 2.74 bits per heavy atom. The van der Waals surface area contributed by atoms with Gasteiger partial charge in [-0.3, -0.25) is 0 Å². The van der Waals surface area contributed by atoms with Crippen LogP contribution in [0.15, 0.2) is 41.6 Å². The standard InChI is InChI=1S/C21H22F2N4O3S/c1-3-28-17-9-14-8-12(2)29-18(14)10-15(17)11-31-21-26-25-19(27(21)24)13-4-6-16(7-5-13)30-20(22)23/h4-7,9-10,12,20H,3,8,11,24H2,1-2H3. The molecule has 1 unspecified atom stereocenters. The lowest BCUT2D eigenvalue weighted by Gasteiger charge is -2.12. The van der Waals surface area contributed by atoms with Crippen LogP contribution < -0.4 is 20.1 Å². The average molecular weight is 448 g/mol. The van der Waals surface area contributed by atoms with Gasteiger partial charge in [0.25, 0.3) is 0 Å². The highest BCUT2D eigenvalue weighted by molar-refractivity contribution is 7.98. The Bertz CT molecular complexity index is 1060. The molecule has 4 rings (SSSR count). The molecule has 1 aliphatic heterocycles. The summed E-state index contributed by atoms with van der Waals surface area (Å²) in [5.41, 5.74) is 2.77. The molecule has 2 aromatic carbocycles. The average Bonchev–Trinajstić information content (AvgIpc) is 3.27. The van der Waals surface area contributed by atoms with Gasteiger partial charge < -0.3 is 20.1 Å². The molecule has 31 heavy (non-hydrogen) atoms. The lowest BCUT2D eigenvalue weighted by Crippen LogP contribution is -2.11. The molecule has 0 aliphatic carbocycles. The number of aromatic nitrogens is 3. The van der Waals surface area contributed by atoms with Crippen molar-refractivity contribution < 1.29 is 23.0 Å². The molecule has 2 N–H and O–H groups in total. The molecule has 1 aliphatic rings. The molecule has 0 bridgehead atoms. The summed E-state index contributed by atoms with van der Waals surface area (Å²) in [7, 11) is 0. The largest absolute Gasteiger partial charge is 0.494 e. The molecule has 0 spiro atoms. The number of nitrogens with two attached hydrogens (primary N) is 1. The van der Waals surface area contributed by atoms with Crippen LogP contribution in [0.1, 0.15) is 25.0 Å². The van der Waals surface area contributed by atoms with Crippen molar-refractivity contribution in [1.29, 1.82) is 0 Å². The van der Waals surface area contributed by atoms with Crippen molar-refractivity contribution >= 4 is 11.8 Å². The van der Waals surface area contributed by atoms with Crippen molar-refractivity contribution in [2.24, 2.45) is 0 Å². The van der Waals surface area contributed by atoms with Crippen LogP contribution in [0.4, 0.5) is 8.78 Å². The Hall–Kier alpha value is -3.01. The maximum Gasteiger partial charge on any atom is 0.387 e. The number of hydrogen-bond donors (Lipinski definition) is 1. The quantitative estimate of drug-likeness (QED) is 0.407. The fourth-order valence-electron chi connectivity index (χ4n) is 3.38. The summed E-state index contributed by atoms with van der Waals surface area (Å²) < 4.78 is 42.1. The maximum absolute atomic E-state index is 12.3. The van der Waals surface area contributed by atoms with Crippen LogP contribution in [0.5, 0.6) is 17.2 Å². The second kappa shape index (κ2) is 9.01. The van der Waals surface area contributed by atoms with Crippen LogP contribution in [0, 0.1) is 0 Å². The number of nitrogen functional groups attached to an aromatic ring is 1. The number of rotatable bonds is 8. The van der Waals surface area contributed by atoms with Crippen molar-refractivity contribution in [3.8, 4) is 28.6 Å². The van der Waals surface area contributed by atoms with E-state index in [1.165, 1.54) is 28.6 Å². The van der Waals surface area contributed by atoms with E-state index in [1.54, 1.807) is 12.1 Å². The summed E-state index contributed by atoms with van der Waals surface area (Å²) >= 11 is 1.42. The van der Waals surface area contributed by atoms with E-state index >= 15 is 0 Å². The molecule has 2 heterocycles. The van der Waals surface area contributed by atoms with Gasteiger partial charge in [0.05, 0.1) is 6.61 Å². The number of hydrogen-bond acceptors (Lipinski definition) is 7. The highest BCUT2D eigenvalue weighted by Gasteiger charge is 2.22. The van der Waals surface area contributed by atoms with Crippen molar-refractivity contribution in [2.75, 3.05) is 12.4 Å². The summed E-state index contributed by atoms with van der Waals surface area (Å²) in [4.78, 5) is 0. The fourth-order valence-corrected chi connectivity index (χ4v) is 4.22. The van der Waals surface area contributed by atoms with Crippen molar-refractivity contribution in [2.45, 2.75) is 43.9 Å². The first kappa shape index (κ1) is 21.2. The molecule has 0 amide bonds. The molecule has 7 nitrogen and oxygen atoms in total. The maximum atomic E-state index is 12.3. The molecule has 3 aromatic rings. The third-order valence-corrected chi connectivity index (χ3v) is 5.73. The van der Waals surface area contributed by atoms with Gasteiger partial charge in [-0.1, -0.05) is 11.8 Å². The third kappa shape index (κ3) is 4.68. The summed E-state index contributed by atoms with van der Waals surface area (Å²) in [5.74, 6) is 8.94. The minimum Gasteiger partial charge on any atom is -0.494 e. The molecule has 1 aromatic heterocycles. The van der Waals surface area contributed by atoms with Crippen LogP contribution in [-0.4, -0.2) is 34.2 Å². The second-order valence-electron chi connectivity index (χ2n) is 7.00. The first-order chi connectivity index (χ1) is 14.9. The summed E-state index contributed by atoms with van der Waals surface area (Å²) in [5, 5.41) is 8.82. The predicted octanol–water partition coefficient (Wildman–Crippen LogP) is 4.27. The normalized spacial score (nSPS) is 15.1. The number of nitrogens with zero attached hydrogens (tertiary/aromatic N) is 3. The highest BCUT2D eigenvalue weighted by Crippen LogP contribution is 2.37. The van der Waals surface area contributed by atoms with Crippen molar-refractivity contribution in [3.63, 3.8) is 0 Å². The SMILES string of the molecule is CCOc1cc2c(cc1CSc1nnc(-c3ccc(OC(F)F)cc3)n1N)OC(C)C2. The van der Waals surface area contributed by atoms with Gasteiger partial charge in [0, 0.05) is 28.9 Å². The Balaban J connectivity index is 1.50. The summed E-state index contributed by atoms with van der Waals surface area (Å²) in [6, 6.07) is 10.1. The Morgan fingerprint density at radius 1 is 1.26 bits per heavy atom. The van der Waals surface area contributed by atoms with E-state index in [-0.39, 0.29) is 11.9 Å². The zero-order chi connectivity index (χ0) is 22.0. The Labute approximate surface area is 182 Å².